The second-order valence-electron chi connectivity index (χ2n) is 6.87. The molecule has 0 aliphatic rings. The van der Waals surface area contributed by atoms with Crippen LogP contribution in [0.5, 0.6) is 5.75 Å². The number of carbonyl (C=O) groups excluding carboxylic acids is 1. The first-order valence-corrected chi connectivity index (χ1v) is 10.1. The molecule has 0 aliphatic heterocycles. The Morgan fingerprint density at radius 2 is 1.84 bits per heavy atom. The van der Waals surface area contributed by atoms with E-state index in [4.69, 9.17) is 20.8 Å². The molecule has 8 nitrogen and oxygen atoms in total. The molecule has 1 heterocycles. The minimum Gasteiger partial charge on any atom is -0.493 e. The van der Waals surface area contributed by atoms with Crippen molar-refractivity contribution in [2.45, 2.75) is 25.8 Å². The van der Waals surface area contributed by atoms with Crippen LogP contribution in [0, 0.1) is 0 Å². The summed E-state index contributed by atoms with van der Waals surface area (Å²) in [6.45, 7) is 0.914. The summed E-state index contributed by atoms with van der Waals surface area (Å²) in [6.07, 6.45) is 3.95. The number of unbranched alkanes of at least 4 members (excludes halogenated alkanes) is 1. The lowest BCUT2D eigenvalue weighted by Gasteiger charge is -2.12. The second kappa shape index (κ2) is 11.4. The van der Waals surface area contributed by atoms with Crippen LogP contribution in [0.25, 0.3) is 11.3 Å². The maximum atomic E-state index is 12.5. The SMILES string of the molecule is N/N=C(\CCCCOc1ccccc1CNC(=O)c1ccc(-c2ccco2)cc1)NN. The summed E-state index contributed by atoms with van der Waals surface area (Å²) in [4.78, 5) is 12.5. The van der Waals surface area contributed by atoms with Crippen LogP contribution in [0.1, 0.15) is 35.2 Å². The Labute approximate surface area is 181 Å². The van der Waals surface area contributed by atoms with Crippen LogP contribution in [0.2, 0.25) is 0 Å². The van der Waals surface area contributed by atoms with Gasteiger partial charge in [0.15, 0.2) is 0 Å². The predicted octanol–water partition coefficient (Wildman–Crippen LogP) is 3.16. The molecule has 6 N–H and O–H groups in total. The predicted molar refractivity (Wildman–Crippen MR) is 120 cm³/mol. The molecule has 0 saturated heterocycles. The first-order valence-electron chi connectivity index (χ1n) is 10.1. The molecule has 0 unspecified atom stereocenters. The van der Waals surface area contributed by atoms with Crippen molar-refractivity contribution < 1.29 is 13.9 Å². The highest BCUT2D eigenvalue weighted by Crippen LogP contribution is 2.21. The van der Waals surface area contributed by atoms with Gasteiger partial charge in [-0.15, -0.1) is 0 Å². The van der Waals surface area contributed by atoms with Crippen molar-refractivity contribution in [3.63, 3.8) is 0 Å². The van der Waals surface area contributed by atoms with Crippen molar-refractivity contribution in [2.75, 3.05) is 6.61 Å². The molecular formula is C23H27N5O3. The quantitative estimate of drug-likeness (QED) is 0.131. The maximum absolute atomic E-state index is 12.5. The minimum atomic E-state index is -0.149. The largest absolute Gasteiger partial charge is 0.493 e. The molecule has 162 valence electrons. The number of furan rings is 1. The van der Waals surface area contributed by atoms with Gasteiger partial charge in [-0.1, -0.05) is 30.3 Å². The van der Waals surface area contributed by atoms with Gasteiger partial charge >= 0.3 is 0 Å². The van der Waals surface area contributed by atoms with E-state index in [1.165, 1.54) is 0 Å². The third kappa shape index (κ3) is 6.35. The highest BCUT2D eigenvalue weighted by molar-refractivity contribution is 5.94. The van der Waals surface area contributed by atoms with E-state index in [0.717, 1.165) is 35.5 Å². The van der Waals surface area contributed by atoms with E-state index in [1.807, 2.05) is 48.5 Å². The first kappa shape index (κ1) is 21.9. The molecule has 0 fully saturated rings. The number of nitrogens with one attached hydrogen (secondary N) is 2. The summed E-state index contributed by atoms with van der Waals surface area (Å²) in [5.41, 5.74) is 4.88. The summed E-state index contributed by atoms with van der Waals surface area (Å²) in [6, 6.07) is 18.7. The molecule has 0 saturated carbocycles. The fraction of sp³-hybridized carbons (Fsp3) is 0.217. The van der Waals surface area contributed by atoms with Crippen molar-refractivity contribution in [1.82, 2.24) is 10.7 Å². The van der Waals surface area contributed by atoms with Crippen LogP contribution in [0.15, 0.2) is 76.4 Å². The van der Waals surface area contributed by atoms with Gasteiger partial charge in [-0.2, -0.15) is 5.10 Å². The van der Waals surface area contributed by atoms with Gasteiger partial charge in [0, 0.05) is 29.7 Å². The number of benzene rings is 2. The van der Waals surface area contributed by atoms with E-state index < -0.39 is 0 Å². The maximum Gasteiger partial charge on any atom is 0.251 e. The zero-order valence-corrected chi connectivity index (χ0v) is 17.2. The Morgan fingerprint density at radius 3 is 2.55 bits per heavy atom. The van der Waals surface area contributed by atoms with Crippen molar-refractivity contribution in [3.05, 3.63) is 78.1 Å². The monoisotopic (exact) mass is 421 g/mol. The molecule has 31 heavy (non-hydrogen) atoms. The van der Waals surface area contributed by atoms with Crippen LogP contribution in [-0.2, 0) is 6.54 Å². The van der Waals surface area contributed by atoms with Gasteiger partial charge in [-0.25, -0.2) is 5.84 Å². The molecule has 0 spiro atoms. The molecule has 0 radical (unpaired) electrons. The third-order valence-corrected chi connectivity index (χ3v) is 4.75. The fourth-order valence-corrected chi connectivity index (χ4v) is 3.05. The van der Waals surface area contributed by atoms with Crippen LogP contribution >= 0.6 is 0 Å². The van der Waals surface area contributed by atoms with Crippen LogP contribution < -0.4 is 27.2 Å². The van der Waals surface area contributed by atoms with Crippen LogP contribution in [-0.4, -0.2) is 18.3 Å². The number of hydrazine groups is 1. The van der Waals surface area contributed by atoms with Gasteiger partial charge in [-0.05, 0) is 43.2 Å². The number of nitrogens with two attached hydrogens (primary N) is 2. The standard InChI is InChI=1S/C23H27N5O3/c24-27-22(28-25)9-3-4-14-30-21-7-2-1-6-19(21)16-26-23(29)18-12-10-17(11-13-18)20-8-5-15-31-20/h1-2,5-8,10-13,15H,3-4,9,14,16,24-25H2,(H,26,29)(H,27,28). The Balaban J connectivity index is 1.49. The number of rotatable bonds is 10. The van der Waals surface area contributed by atoms with Crippen molar-refractivity contribution in [2.24, 2.45) is 16.8 Å². The van der Waals surface area contributed by atoms with Crippen LogP contribution in [0.4, 0.5) is 0 Å². The lowest BCUT2D eigenvalue weighted by atomic mass is 10.1. The number of ether oxygens (including phenoxy) is 1. The summed E-state index contributed by atoms with van der Waals surface area (Å²) in [5, 5.41) is 6.50. The summed E-state index contributed by atoms with van der Waals surface area (Å²) in [7, 11) is 0. The van der Waals surface area contributed by atoms with E-state index >= 15 is 0 Å². The fourth-order valence-electron chi connectivity index (χ4n) is 3.05. The molecule has 0 aliphatic carbocycles. The van der Waals surface area contributed by atoms with Crippen molar-refractivity contribution in [3.8, 4) is 17.1 Å². The van der Waals surface area contributed by atoms with Gasteiger partial charge in [0.05, 0.1) is 12.9 Å². The Morgan fingerprint density at radius 1 is 1.03 bits per heavy atom. The third-order valence-electron chi connectivity index (χ3n) is 4.75. The van der Waals surface area contributed by atoms with E-state index in [-0.39, 0.29) is 5.91 Å². The van der Waals surface area contributed by atoms with Gasteiger partial charge in [0.2, 0.25) is 0 Å². The lowest BCUT2D eigenvalue weighted by Crippen LogP contribution is -2.31. The molecule has 1 amide bonds. The molecular weight excluding hydrogens is 394 g/mol. The Bertz CT molecular complexity index is 985. The molecule has 3 rings (SSSR count). The van der Waals surface area contributed by atoms with E-state index in [1.54, 1.807) is 18.4 Å². The summed E-state index contributed by atoms with van der Waals surface area (Å²) < 4.78 is 11.3. The van der Waals surface area contributed by atoms with E-state index in [0.29, 0.717) is 31.0 Å². The normalized spacial score (nSPS) is 11.2. The molecule has 0 bridgehead atoms. The number of para-hydroxylation sites is 1. The van der Waals surface area contributed by atoms with Gasteiger partial charge in [0.1, 0.15) is 17.3 Å². The summed E-state index contributed by atoms with van der Waals surface area (Å²) >= 11 is 0. The summed E-state index contributed by atoms with van der Waals surface area (Å²) in [5.74, 6) is 12.4. The van der Waals surface area contributed by atoms with Crippen LogP contribution in [0.3, 0.4) is 0 Å². The zero-order valence-electron chi connectivity index (χ0n) is 17.2. The number of nitrogens with zero attached hydrogens (tertiary/aromatic N) is 1. The number of hydrogen-bond acceptors (Lipinski definition) is 6. The number of hydrazone groups is 1. The van der Waals surface area contributed by atoms with E-state index in [9.17, 15) is 4.79 Å². The van der Waals surface area contributed by atoms with Crippen molar-refractivity contribution in [1.29, 1.82) is 0 Å². The average molecular weight is 422 g/mol. The molecule has 8 heteroatoms. The topological polar surface area (TPSA) is 128 Å². The minimum absolute atomic E-state index is 0.149. The smallest absolute Gasteiger partial charge is 0.251 e. The second-order valence-corrected chi connectivity index (χ2v) is 6.87. The number of amides is 1. The van der Waals surface area contributed by atoms with Crippen molar-refractivity contribution >= 4 is 11.7 Å². The average Bonchev–Trinajstić information content (AvgIpc) is 3.36. The Hall–Kier alpha value is -3.78. The Kier molecular flexibility index (Phi) is 8.07. The molecule has 2 aromatic carbocycles. The van der Waals surface area contributed by atoms with E-state index in [2.05, 4.69) is 15.8 Å². The van der Waals surface area contributed by atoms with Gasteiger partial charge < -0.3 is 25.7 Å². The molecule has 3 aromatic rings. The molecule has 0 atom stereocenters. The first-order chi connectivity index (χ1) is 15.2. The number of carbonyl (C=O) groups is 1. The highest BCUT2D eigenvalue weighted by atomic mass is 16.5. The number of amidine groups is 1. The molecule has 1 aromatic heterocycles. The van der Waals surface area contributed by atoms with Gasteiger partial charge in [-0.3, -0.25) is 4.79 Å². The van der Waals surface area contributed by atoms with Gasteiger partial charge in [0.25, 0.3) is 5.91 Å². The zero-order chi connectivity index (χ0) is 21.9. The lowest BCUT2D eigenvalue weighted by molar-refractivity contribution is 0.0950. The number of hydrogen-bond donors (Lipinski definition) is 4. The highest BCUT2D eigenvalue weighted by Gasteiger charge is 2.09.